The second kappa shape index (κ2) is 7.30. The molecule has 0 saturated carbocycles. The van der Waals surface area contributed by atoms with Gasteiger partial charge < -0.3 is 9.88 Å². The summed E-state index contributed by atoms with van der Waals surface area (Å²) in [5.74, 6) is -0.421. The highest BCUT2D eigenvalue weighted by molar-refractivity contribution is 5.59. The summed E-state index contributed by atoms with van der Waals surface area (Å²) in [4.78, 5) is 8.12. The quantitative estimate of drug-likeness (QED) is 0.756. The summed E-state index contributed by atoms with van der Waals surface area (Å²) in [7, 11) is 0. The molecule has 3 aromatic rings. The van der Waals surface area contributed by atoms with Crippen molar-refractivity contribution in [2.75, 3.05) is 31.1 Å². The van der Waals surface area contributed by atoms with E-state index in [-0.39, 0.29) is 11.6 Å². The topological polar surface area (TPSA) is 22.3 Å². The van der Waals surface area contributed by atoms with Gasteiger partial charge in [-0.2, -0.15) is 0 Å². The van der Waals surface area contributed by atoms with Crippen molar-refractivity contribution in [2.24, 2.45) is 0 Å². The monoisotopic (exact) mass is 353 g/mol. The Morgan fingerprint density at radius 3 is 2.00 bits per heavy atom. The van der Waals surface area contributed by atoms with E-state index in [2.05, 4.69) is 20.9 Å². The lowest BCUT2D eigenvalue weighted by atomic mass is 10.1. The van der Waals surface area contributed by atoms with Crippen molar-refractivity contribution in [3.63, 3.8) is 0 Å². The van der Waals surface area contributed by atoms with E-state index in [1.165, 1.54) is 24.3 Å². The van der Waals surface area contributed by atoms with Gasteiger partial charge in [0, 0.05) is 49.8 Å². The Hall–Kier alpha value is -2.66. The van der Waals surface area contributed by atoms with Crippen molar-refractivity contribution < 1.29 is 8.78 Å². The van der Waals surface area contributed by atoms with Crippen molar-refractivity contribution in [1.29, 1.82) is 0 Å². The molecule has 5 heteroatoms. The lowest BCUT2D eigenvalue weighted by Gasteiger charge is -2.35. The lowest BCUT2D eigenvalue weighted by Crippen LogP contribution is -2.46. The molecule has 0 aliphatic carbocycles. The first kappa shape index (κ1) is 16.8. The molecule has 0 spiro atoms. The SMILES string of the molecule is Fc1ccc(-c2ccc(CN3CCN(c4ccc(F)cc4)CC3)[nH]2)cc1. The minimum atomic E-state index is -0.223. The van der Waals surface area contributed by atoms with E-state index in [4.69, 9.17) is 0 Å². The van der Waals surface area contributed by atoms with E-state index < -0.39 is 0 Å². The molecule has 1 aliphatic heterocycles. The number of halogens is 2. The normalized spacial score (nSPS) is 15.4. The van der Waals surface area contributed by atoms with Crippen LogP contribution in [0, 0.1) is 11.6 Å². The summed E-state index contributed by atoms with van der Waals surface area (Å²) in [6.07, 6.45) is 0. The second-order valence-corrected chi connectivity index (χ2v) is 6.64. The fraction of sp³-hybridized carbons (Fsp3) is 0.238. The predicted octanol–water partition coefficient (Wildman–Crippen LogP) is 4.28. The molecule has 1 aromatic heterocycles. The van der Waals surface area contributed by atoms with Gasteiger partial charge in [0.15, 0.2) is 0 Å². The van der Waals surface area contributed by atoms with Crippen LogP contribution in [0.5, 0.6) is 0 Å². The molecule has 3 nitrogen and oxygen atoms in total. The maximum absolute atomic E-state index is 13.1. The van der Waals surface area contributed by atoms with E-state index in [1.807, 2.05) is 18.2 Å². The number of aromatic amines is 1. The number of aromatic nitrogens is 1. The summed E-state index contributed by atoms with van der Waals surface area (Å²) in [5.41, 5.74) is 4.22. The third-order valence-electron chi connectivity index (χ3n) is 4.86. The van der Waals surface area contributed by atoms with Gasteiger partial charge in [-0.25, -0.2) is 8.78 Å². The van der Waals surface area contributed by atoms with Gasteiger partial charge in [0.1, 0.15) is 11.6 Å². The lowest BCUT2D eigenvalue weighted by molar-refractivity contribution is 0.247. The molecule has 2 heterocycles. The molecule has 0 radical (unpaired) electrons. The molecular weight excluding hydrogens is 332 g/mol. The minimum absolute atomic E-state index is 0.198. The summed E-state index contributed by atoms with van der Waals surface area (Å²) in [6, 6.07) is 17.3. The van der Waals surface area contributed by atoms with Gasteiger partial charge in [-0.1, -0.05) is 0 Å². The van der Waals surface area contributed by atoms with Gasteiger partial charge in [-0.3, -0.25) is 4.90 Å². The summed E-state index contributed by atoms with van der Waals surface area (Å²) in [6.45, 7) is 4.64. The molecule has 2 aromatic carbocycles. The van der Waals surface area contributed by atoms with Crippen LogP contribution >= 0.6 is 0 Å². The molecule has 1 aliphatic rings. The van der Waals surface area contributed by atoms with Crippen LogP contribution in [0.2, 0.25) is 0 Å². The zero-order valence-corrected chi connectivity index (χ0v) is 14.5. The van der Waals surface area contributed by atoms with Gasteiger partial charge in [-0.05, 0) is 66.2 Å². The molecule has 0 amide bonds. The highest BCUT2D eigenvalue weighted by Gasteiger charge is 2.18. The number of H-pyrrole nitrogens is 1. The van der Waals surface area contributed by atoms with E-state index in [9.17, 15) is 8.78 Å². The number of anilines is 1. The summed E-state index contributed by atoms with van der Waals surface area (Å²) < 4.78 is 26.1. The van der Waals surface area contributed by atoms with Crippen LogP contribution in [0.25, 0.3) is 11.3 Å². The van der Waals surface area contributed by atoms with Crippen LogP contribution < -0.4 is 4.90 Å². The molecule has 4 rings (SSSR count). The number of nitrogens with zero attached hydrogens (tertiary/aromatic N) is 2. The molecule has 0 bridgehead atoms. The second-order valence-electron chi connectivity index (χ2n) is 6.64. The van der Waals surface area contributed by atoms with Crippen molar-refractivity contribution in [3.8, 4) is 11.3 Å². The average molecular weight is 353 g/mol. The molecule has 1 saturated heterocycles. The Labute approximate surface area is 151 Å². The Bertz CT molecular complexity index is 848. The van der Waals surface area contributed by atoms with Crippen molar-refractivity contribution >= 4 is 5.69 Å². The molecule has 134 valence electrons. The van der Waals surface area contributed by atoms with Crippen molar-refractivity contribution in [1.82, 2.24) is 9.88 Å². The zero-order chi connectivity index (χ0) is 17.9. The third kappa shape index (κ3) is 3.78. The van der Waals surface area contributed by atoms with Gasteiger partial charge >= 0.3 is 0 Å². The first-order valence-corrected chi connectivity index (χ1v) is 8.84. The number of hydrogen-bond acceptors (Lipinski definition) is 2. The number of rotatable bonds is 4. The fourth-order valence-corrected chi connectivity index (χ4v) is 3.39. The van der Waals surface area contributed by atoms with Crippen LogP contribution in [-0.2, 0) is 6.54 Å². The minimum Gasteiger partial charge on any atom is -0.369 e. The summed E-state index contributed by atoms with van der Waals surface area (Å²) in [5, 5.41) is 0. The third-order valence-corrected chi connectivity index (χ3v) is 4.86. The Kier molecular flexibility index (Phi) is 4.71. The van der Waals surface area contributed by atoms with E-state index in [0.29, 0.717) is 0 Å². The van der Waals surface area contributed by atoms with Gasteiger partial charge in [0.25, 0.3) is 0 Å². The molecule has 26 heavy (non-hydrogen) atoms. The van der Waals surface area contributed by atoms with Crippen LogP contribution in [0.3, 0.4) is 0 Å². The number of benzene rings is 2. The zero-order valence-electron chi connectivity index (χ0n) is 14.5. The maximum Gasteiger partial charge on any atom is 0.123 e. The van der Waals surface area contributed by atoms with Crippen LogP contribution in [-0.4, -0.2) is 36.1 Å². The maximum atomic E-state index is 13.1. The highest BCUT2D eigenvalue weighted by atomic mass is 19.1. The standard InChI is InChI=1S/C21H21F2N3/c22-17-3-1-16(2-4-17)21-10-7-19(24-21)15-25-11-13-26(14-12-25)20-8-5-18(23)6-9-20/h1-10,24H,11-15H2. The van der Waals surface area contributed by atoms with Crippen LogP contribution in [0.15, 0.2) is 60.7 Å². The van der Waals surface area contributed by atoms with Gasteiger partial charge in [0.2, 0.25) is 0 Å². The number of piperazine rings is 1. The number of hydrogen-bond donors (Lipinski definition) is 1. The van der Waals surface area contributed by atoms with Crippen LogP contribution in [0.1, 0.15) is 5.69 Å². The molecule has 1 fully saturated rings. The summed E-state index contributed by atoms with van der Waals surface area (Å²) >= 11 is 0. The number of nitrogens with one attached hydrogen (secondary N) is 1. The van der Waals surface area contributed by atoms with Crippen molar-refractivity contribution in [2.45, 2.75) is 6.54 Å². The smallest absolute Gasteiger partial charge is 0.123 e. The van der Waals surface area contributed by atoms with E-state index >= 15 is 0 Å². The largest absolute Gasteiger partial charge is 0.369 e. The Morgan fingerprint density at radius 2 is 1.35 bits per heavy atom. The van der Waals surface area contributed by atoms with Crippen molar-refractivity contribution in [3.05, 3.63) is 78.0 Å². The molecule has 1 N–H and O–H groups in total. The Morgan fingerprint density at radius 1 is 0.731 bits per heavy atom. The Balaban J connectivity index is 1.34. The first-order chi connectivity index (χ1) is 12.7. The fourth-order valence-electron chi connectivity index (χ4n) is 3.39. The van der Waals surface area contributed by atoms with E-state index in [1.54, 1.807) is 12.1 Å². The molecule has 0 atom stereocenters. The van der Waals surface area contributed by atoms with Gasteiger partial charge in [0.05, 0.1) is 0 Å². The first-order valence-electron chi connectivity index (χ1n) is 8.84. The van der Waals surface area contributed by atoms with E-state index in [0.717, 1.165) is 55.4 Å². The molecular formula is C21H21F2N3. The van der Waals surface area contributed by atoms with Gasteiger partial charge in [-0.15, -0.1) is 0 Å². The average Bonchev–Trinajstić information content (AvgIpc) is 3.12. The molecule has 0 unspecified atom stereocenters. The highest BCUT2D eigenvalue weighted by Crippen LogP contribution is 2.21. The predicted molar refractivity (Wildman–Crippen MR) is 100 cm³/mol. The van der Waals surface area contributed by atoms with Crippen LogP contribution in [0.4, 0.5) is 14.5 Å².